The number of likely N-dealkylation sites (tertiary alicyclic amines) is 1. The SMILES string of the molecule is COc1ccc(NCCN2CCCCC2)cc1Cl. The van der Waals surface area contributed by atoms with E-state index in [0.717, 1.165) is 24.5 Å². The van der Waals surface area contributed by atoms with Gasteiger partial charge >= 0.3 is 0 Å². The number of ether oxygens (including phenoxy) is 1. The zero-order valence-electron chi connectivity index (χ0n) is 10.9. The highest BCUT2D eigenvalue weighted by Gasteiger charge is 2.09. The second-order valence-corrected chi connectivity index (χ2v) is 5.09. The number of nitrogens with zero attached hydrogens (tertiary/aromatic N) is 1. The molecule has 1 N–H and O–H groups in total. The minimum atomic E-state index is 0.653. The first-order valence-corrected chi connectivity index (χ1v) is 6.97. The summed E-state index contributed by atoms with van der Waals surface area (Å²) in [6, 6.07) is 5.81. The highest BCUT2D eigenvalue weighted by atomic mass is 35.5. The summed E-state index contributed by atoms with van der Waals surface area (Å²) in [6.45, 7) is 4.54. The summed E-state index contributed by atoms with van der Waals surface area (Å²) in [5.74, 6) is 0.721. The number of anilines is 1. The van der Waals surface area contributed by atoms with Crippen molar-refractivity contribution in [3.8, 4) is 5.75 Å². The predicted molar refractivity (Wildman–Crippen MR) is 76.8 cm³/mol. The highest BCUT2D eigenvalue weighted by Crippen LogP contribution is 2.27. The van der Waals surface area contributed by atoms with E-state index in [1.165, 1.54) is 32.4 Å². The average molecular weight is 269 g/mol. The van der Waals surface area contributed by atoms with Gasteiger partial charge in [-0.25, -0.2) is 0 Å². The molecular weight excluding hydrogens is 248 g/mol. The zero-order chi connectivity index (χ0) is 12.8. The third kappa shape index (κ3) is 3.79. The van der Waals surface area contributed by atoms with E-state index in [1.54, 1.807) is 7.11 Å². The summed E-state index contributed by atoms with van der Waals surface area (Å²) >= 11 is 6.08. The molecule has 0 aromatic heterocycles. The molecule has 1 aliphatic rings. The Bertz CT molecular complexity index is 378. The third-order valence-corrected chi connectivity index (χ3v) is 3.65. The Morgan fingerprint density at radius 3 is 2.72 bits per heavy atom. The highest BCUT2D eigenvalue weighted by molar-refractivity contribution is 6.32. The van der Waals surface area contributed by atoms with Crippen molar-refractivity contribution in [3.63, 3.8) is 0 Å². The number of rotatable bonds is 5. The fourth-order valence-corrected chi connectivity index (χ4v) is 2.58. The van der Waals surface area contributed by atoms with Crippen molar-refractivity contribution in [3.05, 3.63) is 23.2 Å². The molecule has 0 bridgehead atoms. The molecule has 4 heteroatoms. The smallest absolute Gasteiger partial charge is 0.137 e. The van der Waals surface area contributed by atoms with Crippen LogP contribution < -0.4 is 10.1 Å². The molecule has 100 valence electrons. The molecule has 1 aromatic carbocycles. The Morgan fingerprint density at radius 2 is 2.06 bits per heavy atom. The number of halogens is 1. The first-order chi connectivity index (χ1) is 8.79. The zero-order valence-corrected chi connectivity index (χ0v) is 11.7. The number of methoxy groups -OCH3 is 1. The Kier molecular flexibility index (Phi) is 5.14. The Hall–Kier alpha value is -0.930. The van der Waals surface area contributed by atoms with Gasteiger partial charge in [0.25, 0.3) is 0 Å². The summed E-state index contributed by atoms with van der Waals surface area (Å²) in [6.07, 6.45) is 4.07. The van der Waals surface area contributed by atoms with Crippen molar-refractivity contribution in [2.45, 2.75) is 19.3 Å². The molecule has 1 heterocycles. The first-order valence-electron chi connectivity index (χ1n) is 6.59. The van der Waals surface area contributed by atoms with Gasteiger partial charge in [0.05, 0.1) is 12.1 Å². The first kappa shape index (κ1) is 13.5. The monoisotopic (exact) mass is 268 g/mol. The van der Waals surface area contributed by atoms with Crippen LogP contribution in [0.5, 0.6) is 5.75 Å². The number of piperidine rings is 1. The molecule has 1 saturated heterocycles. The topological polar surface area (TPSA) is 24.5 Å². The maximum atomic E-state index is 6.08. The van der Waals surface area contributed by atoms with Crippen molar-refractivity contribution in [2.24, 2.45) is 0 Å². The van der Waals surface area contributed by atoms with Gasteiger partial charge in [0, 0.05) is 18.8 Å². The van der Waals surface area contributed by atoms with Gasteiger partial charge in [0.15, 0.2) is 0 Å². The molecule has 1 aromatic rings. The molecule has 3 nitrogen and oxygen atoms in total. The number of hydrogen-bond acceptors (Lipinski definition) is 3. The molecule has 1 aliphatic heterocycles. The van der Waals surface area contributed by atoms with Gasteiger partial charge in [-0.1, -0.05) is 18.0 Å². The van der Waals surface area contributed by atoms with Gasteiger partial charge in [-0.3, -0.25) is 0 Å². The Morgan fingerprint density at radius 1 is 1.28 bits per heavy atom. The summed E-state index contributed by atoms with van der Waals surface area (Å²) in [5, 5.41) is 4.06. The average Bonchev–Trinajstić information content (AvgIpc) is 2.40. The van der Waals surface area contributed by atoms with E-state index in [-0.39, 0.29) is 0 Å². The standard InChI is InChI=1S/C14H21ClN2O/c1-18-14-6-5-12(11-13(14)15)16-7-10-17-8-3-2-4-9-17/h5-6,11,16H,2-4,7-10H2,1H3. The van der Waals surface area contributed by atoms with E-state index in [9.17, 15) is 0 Å². The molecule has 2 rings (SSSR count). The summed E-state index contributed by atoms with van der Waals surface area (Å²) in [4.78, 5) is 2.52. The molecule has 0 aliphatic carbocycles. The van der Waals surface area contributed by atoms with Crippen LogP contribution in [-0.4, -0.2) is 38.2 Å². The van der Waals surface area contributed by atoms with Crippen molar-refractivity contribution in [2.75, 3.05) is 38.6 Å². The van der Waals surface area contributed by atoms with Crippen LogP contribution in [0.1, 0.15) is 19.3 Å². The minimum Gasteiger partial charge on any atom is -0.495 e. The Labute approximate surface area is 114 Å². The summed E-state index contributed by atoms with van der Waals surface area (Å²) < 4.78 is 5.13. The summed E-state index contributed by atoms with van der Waals surface area (Å²) in [5.41, 5.74) is 1.05. The predicted octanol–water partition coefficient (Wildman–Crippen LogP) is 3.25. The molecule has 0 spiro atoms. The van der Waals surface area contributed by atoms with Crippen LogP contribution in [0, 0.1) is 0 Å². The van der Waals surface area contributed by atoms with Crippen molar-refractivity contribution >= 4 is 17.3 Å². The molecule has 0 radical (unpaired) electrons. The summed E-state index contributed by atoms with van der Waals surface area (Å²) in [7, 11) is 1.63. The van der Waals surface area contributed by atoms with Crippen LogP contribution >= 0.6 is 11.6 Å². The Balaban J connectivity index is 1.77. The van der Waals surface area contributed by atoms with E-state index >= 15 is 0 Å². The van der Waals surface area contributed by atoms with E-state index in [0.29, 0.717) is 5.02 Å². The van der Waals surface area contributed by atoms with Gasteiger partial charge in [-0.05, 0) is 44.1 Å². The number of benzene rings is 1. The van der Waals surface area contributed by atoms with Crippen molar-refractivity contribution in [1.82, 2.24) is 4.90 Å². The quantitative estimate of drug-likeness (QED) is 0.887. The van der Waals surface area contributed by atoms with Crippen LogP contribution in [0.4, 0.5) is 5.69 Å². The van der Waals surface area contributed by atoms with Gasteiger partial charge in [-0.15, -0.1) is 0 Å². The van der Waals surface area contributed by atoms with Gasteiger partial charge in [0.2, 0.25) is 0 Å². The van der Waals surface area contributed by atoms with E-state index in [2.05, 4.69) is 10.2 Å². The lowest BCUT2D eigenvalue weighted by Crippen LogP contribution is -2.33. The number of nitrogens with one attached hydrogen (secondary N) is 1. The fourth-order valence-electron chi connectivity index (χ4n) is 2.32. The molecule has 1 fully saturated rings. The molecule has 0 saturated carbocycles. The molecule has 0 amide bonds. The largest absolute Gasteiger partial charge is 0.495 e. The maximum Gasteiger partial charge on any atom is 0.137 e. The molecular formula is C14H21ClN2O. The van der Waals surface area contributed by atoms with Crippen molar-refractivity contribution in [1.29, 1.82) is 0 Å². The van der Waals surface area contributed by atoms with E-state index in [4.69, 9.17) is 16.3 Å². The second kappa shape index (κ2) is 6.86. The lowest BCUT2D eigenvalue weighted by atomic mass is 10.1. The van der Waals surface area contributed by atoms with Crippen LogP contribution in [0.25, 0.3) is 0 Å². The van der Waals surface area contributed by atoms with Crippen LogP contribution in [0.15, 0.2) is 18.2 Å². The van der Waals surface area contributed by atoms with Crippen LogP contribution in [-0.2, 0) is 0 Å². The van der Waals surface area contributed by atoms with E-state index < -0.39 is 0 Å². The molecule has 0 unspecified atom stereocenters. The van der Waals surface area contributed by atoms with Crippen molar-refractivity contribution < 1.29 is 4.74 Å². The maximum absolute atomic E-state index is 6.08. The normalized spacial score (nSPS) is 16.6. The van der Waals surface area contributed by atoms with Crippen LogP contribution in [0.2, 0.25) is 5.02 Å². The van der Waals surface area contributed by atoms with Gasteiger partial charge in [-0.2, -0.15) is 0 Å². The minimum absolute atomic E-state index is 0.653. The fraction of sp³-hybridized carbons (Fsp3) is 0.571. The van der Waals surface area contributed by atoms with Crippen LogP contribution in [0.3, 0.4) is 0 Å². The second-order valence-electron chi connectivity index (χ2n) is 4.68. The lowest BCUT2D eigenvalue weighted by molar-refractivity contribution is 0.237. The molecule has 18 heavy (non-hydrogen) atoms. The molecule has 0 atom stereocenters. The van der Waals surface area contributed by atoms with Gasteiger partial charge in [0.1, 0.15) is 5.75 Å². The third-order valence-electron chi connectivity index (χ3n) is 3.36. The number of hydrogen-bond donors (Lipinski definition) is 1. The van der Waals surface area contributed by atoms with Gasteiger partial charge < -0.3 is 15.0 Å². The lowest BCUT2D eigenvalue weighted by Gasteiger charge is -2.26. The van der Waals surface area contributed by atoms with E-state index in [1.807, 2.05) is 18.2 Å².